The molecule has 0 atom stereocenters. The Bertz CT molecular complexity index is 339. The largest absolute Gasteiger partial charge is 4.00 e. The van der Waals surface area contributed by atoms with Gasteiger partial charge in [-0.15, -0.1) is 0 Å². The number of hydrogen-bond donors (Lipinski definition) is 0. The van der Waals surface area contributed by atoms with E-state index in [9.17, 15) is 0 Å². The Hall–Kier alpha value is -3.64. The molecule has 0 heterocycles. The van der Waals surface area contributed by atoms with Crippen LogP contribution in [0.2, 0.25) is 0 Å². The van der Waals surface area contributed by atoms with Gasteiger partial charge in [-0.05, 0) is 0 Å². The minimum atomic E-state index is -1.75. The first-order valence-electron chi connectivity index (χ1n) is 4.14. The Morgan fingerprint density at radius 1 is 0.364 bits per heavy atom. The summed E-state index contributed by atoms with van der Waals surface area (Å²) in [6.45, 7) is 0. The third-order valence-corrected chi connectivity index (χ3v) is 0. The van der Waals surface area contributed by atoms with Crippen molar-refractivity contribution in [1.29, 1.82) is 0 Å². The molecule has 0 spiro atoms. The molecule has 0 aromatic carbocycles. The zero-order valence-corrected chi connectivity index (χ0v) is 19.1. The summed E-state index contributed by atoms with van der Waals surface area (Å²) in [6, 6.07) is 0. The van der Waals surface area contributed by atoms with Crippen LogP contribution in [0.25, 0.3) is 0 Å². The van der Waals surface area contributed by atoms with Crippen LogP contribution in [0.15, 0.2) is 0 Å². The predicted molar refractivity (Wildman–Crippen MR) is 91.1 cm³/mol. The fourth-order valence-corrected chi connectivity index (χ4v) is 0. The van der Waals surface area contributed by atoms with Gasteiger partial charge >= 0.3 is 43.6 Å². The van der Waals surface area contributed by atoms with E-state index in [1.165, 1.54) is 0 Å². The minimum absolute atomic E-state index is 0. The van der Waals surface area contributed by atoms with E-state index in [2.05, 4.69) is 27.6 Å². The van der Waals surface area contributed by atoms with Crippen molar-refractivity contribution >= 4 is 41.1 Å². The van der Waals surface area contributed by atoms with E-state index >= 15 is 0 Å². The summed E-state index contributed by atoms with van der Waals surface area (Å²) in [5.74, 6) is 0. The first-order chi connectivity index (χ1) is 13.5. The van der Waals surface area contributed by atoms with Gasteiger partial charge in [0.15, 0.2) is 0 Å². The van der Waals surface area contributed by atoms with Crippen molar-refractivity contribution in [2.24, 2.45) is 0 Å². The van der Waals surface area contributed by atoms with Crippen LogP contribution in [0.5, 0.6) is 0 Å². The van der Waals surface area contributed by atoms with E-state index in [1.54, 1.807) is 0 Å². The van der Waals surface area contributed by atoms with Crippen LogP contribution in [0.4, 0.5) is 0 Å². The van der Waals surface area contributed by atoms with Crippen LogP contribution in [0.1, 0.15) is 0 Å². The molecule has 0 aliphatic carbocycles. The van der Waals surface area contributed by atoms with Gasteiger partial charge < -0.3 is 107 Å². The maximum Gasteiger partial charge on any atom is 4.00 e. The van der Waals surface area contributed by atoms with Crippen molar-refractivity contribution in [1.82, 2.24) is 0 Å². The number of nitrogens with zero attached hydrogens (tertiary/aromatic N) is 7. The summed E-state index contributed by atoms with van der Waals surface area (Å²) >= 11 is 8.53. The SMILES string of the molecule is ClOCl.O=[N+]([O-])[O-].O=[N+]([O-])[O-].O=[N+]([O-])[O-].O=[N+]([O-])[O-].O=[N+]([O-])[O-].O=[N+]([O-])[O-].O=[N+]([O-])[O-].[Al+3].[Zr+4]. The van der Waals surface area contributed by atoms with Crippen molar-refractivity contribution in [3.05, 3.63) is 107 Å². The average molecular weight is 639 g/mol. The van der Waals surface area contributed by atoms with Gasteiger partial charge in [0.2, 0.25) is 0 Å². The molecule has 0 fully saturated rings. The number of halogens is 2. The normalized spacial score (nSPS) is 5.64. The van der Waals surface area contributed by atoms with Crippen LogP contribution in [-0.2, 0) is 30.0 Å². The summed E-state index contributed by atoms with van der Waals surface area (Å²) < 4.78 is 3.19. The van der Waals surface area contributed by atoms with Crippen molar-refractivity contribution < 1.29 is 65.7 Å². The zero-order chi connectivity index (χ0) is 27.7. The molecule has 33 heavy (non-hydrogen) atoms. The van der Waals surface area contributed by atoms with Gasteiger partial charge in [-0.2, -0.15) is 3.84 Å². The number of hydrogen-bond acceptors (Lipinski definition) is 22. The minimum Gasteiger partial charge on any atom is -0.356 e. The van der Waals surface area contributed by atoms with Crippen LogP contribution in [0, 0.1) is 107 Å². The zero-order valence-electron chi connectivity index (χ0n) is 13.9. The van der Waals surface area contributed by atoms with E-state index in [0.717, 1.165) is 0 Å². The molecular weight excluding hydrogens is 639 g/mol. The molecule has 0 aliphatic heterocycles. The third-order valence-electron chi connectivity index (χ3n) is 0. The second-order valence-corrected chi connectivity index (χ2v) is 2.09. The topological polar surface area (TPSA) is 473 Å². The molecule has 0 unspecified atom stereocenters. The van der Waals surface area contributed by atoms with Crippen molar-refractivity contribution in [2.45, 2.75) is 0 Å². The maximum absolute atomic E-state index is 8.25. The van der Waals surface area contributed by atoms with Gasteiger partial charge in [-0.25, -0.2) is 0 Å². The molecule has 0 rings (SSSR count). The standard InChI is InChI=1S/Al.Cl2O.7NO3.Zr/c;1-3-2;7*2-1(3)4;/q+3;;7*-1;+4. The van der Waals surface area contributed by atoms with Gasteiger partial charge in [0, 0.05) is 0 Å². The van der Waals surface area contributed by atoms with Crippen LogP contribution in [0.3, 0.4) is 0 Å². The van der Waals surface area contributed by atoms with E-state index < -0.39 is 35.6 Å². The Morgan fingerprint density at radius 2 is 0.364 bits per heavy atom. The van der Waals surface area contributed by atoms with Crippen molar-refractivity contribution in [3.63, 3.8) is 0 Å². The van der Waals surface area contributed by atoms with Gasteiger partial charge in [-0.3, -0.25) is 0 Å². The van der Waals surface area contributed by atoms with Crippen LogP contribution >= 0.6 is 23.7 Å². The van der Waals surface area contributed by atoms with Crippen LogP contribution < -0.4 is 0 Å². The van der Waals surface area contributed by atoms with Gasteiger partial charge in [0.25, 0.3) is 0 Å². The second-order valence-electron chi connectivity index (χ2n) is 1.62. The molecule has 33 heteroatoms. The molecule has 29 nitrogen and oxygen atoms in total. The monoisotopic (exact) mass is 637 g/mol. The molecule has 0 aromatic heterocycles. The molecule has 0 amide bonds. The van der Waals surface area contributed by atoms with Gasteiger partial charge in [-0.1, -0.05) is 0 Å². The van der Waals surface area contributed by atoms with E-state index in [-0.39, 0.29) is 43.6 Å². The third kappa shape index (κ3) is 1480. The van der Waals surface area contributed by atoms with Crippen LogP contribution in [-0.4, -0.2) is 53.0 Å². The van der Waals surface area contributed by atoms with Gasteiger partial charge in [0.1, 0.15) is 0 Å². The Balaban J connectivity index is -0.0000000227. The number of rotatable bonds is 0. The van der Waals surface area contributed by atoms with E-state index in [0.29, 0.717) is 0 Å². The molecule has 0 saturated carbocycles. The summed E-state index contributed by atoms with van der Waals surface area (Å²) in [7, 11) is 0. The Labute approximate surface area is 213 Å². The summed E-state index contributed by atoms with van der Waals surface area (Å²) in [5.41, 5.74) is 0. The predicted octanol–water partition coefficient (Wildman–Crippen LogP) is -0.746. The summed E-state index contributed by atoms with van der Waals surface area (Å²) in [4.78, 5) is 57.8. The molecule has 0 radical (unpaired) electrons. The first-order valence-corrected chi connectivity index (χ1v) is 4.76. The molecule has 0 bridgehead atoms. The Morgan fingerprint density at radius 3 is 0.364 bits per heavy atom. The summed E-state index contributed by atoms with van der Waals surface area (Å²) in [6.07, 6.45) is 0. The van der Waals surface area contributed by atoms with Gasteiger partial charge in [0.05, 0.1) is 59.3 Å². The molecule has 0 aromatic rings. The van der Waals surface area contributed by atoms with Crippen molar-refractivity contribution in [2.75, 3.05) is 0 Å². The molecule has 188 valence electrons. The molecule has 0 N–H and O–H groups in total. The Kier molecular flexibility index (Phi) is 120. The maximum atomic E-state index is 8.25. The van der Waals surface area contributed by atoms with E-state index in [4.69, 9.17) is 107 Å². The fourth-order valence-electron chi connectivity index (χ4n) is 0. The average Bonchev–Trinajstić information content (AvgIpc) is 2.32. The summed E-state index contributed by atoms with van der Waals surface area (Å²) in [5, 5.41) is 103. The van der Waals surface area contributed by atoms with Crippen molar-refractivity contribution in [3.8, 4) is 0 Å². The molecule has 0 saturated heterocycles. The second kappa shape index (κ2) is 63.0. The molecule has 0 aliphatic rings. The quantitative estimate of drug-likeness (QED) is 0.179. The first kappa shape index (κ1) is 63.0. The molecular formula is AlCl2N7O22Zr. The fraction of sp³-hybridized carbons (Fsp3) is 0. The van der Waals surface area contributed by atoms with E-state index in [1.807, 2.05) is 0 Å². The smallest absolute Gasteiger partial charge is 0.356 e.